The standard InChI is InChI=1S/C24H16F5N3O3/c25-16-3-1-15(2-4-16)14-34-21-13-32(19-9-5-17(26)6-10-19)31-22(21)23(33)30-18-7-11-20(12-8-18)35-24(27,28)29/h1-13H,14H2,(H,30,33). The Labute approximate surface area is 195 Å². The fourth-order valence-electron chi connectivity index (χ4n) is 3.02. The molecule has 0 saturated heterocycles. The third kappa shape index (κ3) is 6.34. The fourth-order valence-corrected chi connectivity index (χ4v) is 3.02. The van der Waals surface area contributed by atoms with Crippen LogP contribution in [0.2, 0.25) is 0 Å². The zero-order valence-corrected chi connectivity index (χ0v) is 17.7. The summed E-state index contributed by atoms with van der Waals surface area (Å²) in [5.41, 5.74) is 1.13. The predicted octanol–water partition coefficient (Wildman–Crippen LogP) is 5.88. The average Bonchev–Trinajstić information content (AvgIpc) is 3.24. The topological polar surface area (TPSA) is 65.4 Å². The summed E-state index contributed by atoms with van der Waals surface area (Å²) in [6.45, 7) is -0.000844. The van der Waals surface area contributed by atoms with Crippen LogP contribution in [0.1, 0.15) is 16.1 Å². The minimum Gasteiger partial charge on any atom is -0.485 e. The van der Waals surface area contributed by atoms with Crippen LogP contribution in [-0.4, -0.2) is 22.1 Å². The molecule has 11 heteroatoms. The number of alkyl halides is 3. The van der Waals surface area contributed by atoms with Gasteiger partial charge in [0.2, 0.25) is 0 Å². The molecule has 180 valence electrons. The van der Waals surface area contributed by atoms with Crippen LogP contribution in [0.25, 0.3) is 5.69 Å². The maximum Gasteiger partial charge on any atom is 0.573 e. The molecule has 4 aromatic rings. The highest BCUT2D eigenvalue weighted by Gasteiger charge is 2.31. The maximum atomic E-state index is 13.3. The summed E-state index contributed by atoms with van der Waals surface area (Å²) in [5.74, 6) is -1.94. The van der Waals surface area contributed by atoms with E-state index in [1.165, 1.54) is 71.5 Å². The van der Waals surface area contributed by atoms with Crippen molar-refractivity contribution in [2.24, 2.45) is 0 Å². The molecule has 35 heavy (non-hydrogen) atoms. The van der Waals surface area contributed by atoms with E-state index in [0.717, 1.165) is 12.1 Å². The molecule has 1 heterocycles. The molecule has 1 N–H and O–H groups in total. The summed E-state index contributed by atoms with van der Waals surface area (Å²) < 4.78 is 74.3. The van der Waals surface area contributed by atoms with E-state index in [9.17, 15) is 26.7 Å². The van der Waals surface area contributed by atoms with Crippen LogP contribution in [-0.2, 0) is 6.61 Å². The highest BCUT2D eigenvalue weighted by atomic mass is 19.4. The van der Waals surface area contributed by atoms with Gasteiger partial charge in [0.25, 0.3) is 5.91 Å². The van der Waals surface area contributed by atoms with E-state index < -0.39 is 29.7 Å². The van der Waals surface area contributed by atoms with Gasteiger partial charge < -0.3 is 14.8 Å². The van der Waals surface area contributed by atoms with E-state index in [4.69, 9.17) is 4.74 Å². The van der Waals surface area contributed by atoms with Gasteiger partial charge in [0.15, 0.2) is 11.4 Å². The molecule has 0 radical (unpaired) electrons. The third-order valence-electron chi connectivity index (χ3n) is 4.64. The molecule has 0 aliphatic carbocycles. The number of carbonyl (C=O) groups is 1. The van der Waals surface area contributed by atoms with Gasteiger partial charge in [0.1, 0.15) is 24.0 Å². The van der Waals surface area contributed by atoms with Crippen molar-refractivity contribution in [3.63, 3.8) is 0 Å². The summed E-state index contributed by atoms with van der Waals surface area (Å²) in [7, 11) is 0. The van der Waals surface area contributed by atoms with Gasteiger partial charge >= 0.3 is 6.36 Å². The number of aromatic nitrogens is 2. The van der Waals surface area contributed by atoms with Gasteiger partial charge in [-0.2, -0.15) is 5.10 Å². The quantitative estimate of drug-likeness (QED) is 0.329. The van der Waals surface area contributed by atoms with Gasteiger partial charge in [-0.3, -0.25) is 4.79 Å². The van der Waals surface area contributed by atoms with Crippen molar-refractivity contribution < 1.29 is 36.2 Å². The third-order valence-corrected chi connectivity index (χ3v) is 4.64. The van der Waals surface area contributed by atoms with Crippen LogP contribution in [0.5, 0.6) is 11.5 Å². The van der Waals surface area contributed by atoms with Crippen LogP contribution >= 0.6 is 0 Å². The molecule has 0 aliphatic rings. The number of hydrogen-bond acceptors (Lipinski definition) is 4. The highest BCUT2D eigenvalue weighted by molar-refractivity contribution is 6.04. The lowest BCUT2D eigenvalue weighted by Crippen LogP contribution is -2.17. The largest absolute Gasteiger partial charge is 0.573 e. The van der Waals surface area contributed by atoms with Crippen molar-refractivity contribution in [3.05, 3.63) is 102 Å². The monoisotopic (exact) mass is 489 g/mol. The lowest BCUT2D eigenvalue weighted by Gasteiger charge is -2.10. The van der Waals surface area contributed by atoms with Crippen LogP contribution in [0, 0.1) is 11.6 Å². The molecule has 6 nitrogen and oxygen atoms in total. The summed E-state index contributed by atoms with van der Waals surface area (Å²) in [4.78, 5) is 12.9. The zero-order valence-electron chi connectivity index (χ0n) is 17.7. The highest BCUT2D eigenvalue weighted by Crippen LogP contribution is 2.26. The Morgan fingerprint density at radius 2 is 1.49 bits per heavy atom. The summed E-state index contributed by atoms with van der Waals surface area (Å²) >= 11 is 0. The van der Waals surface area contributed by atoms with Crippen LogP contribution < -0.4 is 14.8 Å². The first-order chi connectivity index (χ1) is 16.7. The molecule has 0 aliphatic heterocycles. The summed E-state index contributed by atoms with van der Waals surface area (Å²) in [6.07, 6.45) is -3.42. The summed E-state index contributed by atoms with van der Waals surface area (Å²) in [6, 6.07) is 15.5. The molecule has 1 amide bonds. The molecule has 0 unspecified atom stereocenters. The Morgan fingerprint density at radius 3 is 2.09 bits per heavy atom. The second-order valence-electron chi connectivity index (χ2n) is 7.20. The van der Waals surface area contributed by atoms with Gasteiger partial charge in [-0.15, -0.1) is 13.2 Å². The predicted molar refractivity (Wildman–Crippen MR) is 115 cm³/mol. The van der Waals surface area contributed by atoms with Crippen molar-refractivity contribution in [1.29, 1.82) is 0 Å². The van der Waals surface area contributed by atoms with Crippen LogP contribution in [0.4, 0.5) is 27.6 Å². The van der Waals surface area contributed by atoms with E-state index in [-0.39, 0.29) is 23.7 Å². The number of nitrogens with one attached hydrogen (secondary N) is 1. The van der Waals surface area contributed by atoms with Gasteiger partial charge in [-0.05, 0) is 66.2 Å². The summed E-state index contributed by atoms with van der Waals surface area (Å²) in [5, 5.41) is 6.75. The van der Waals surface area contributed by atoms with Gasteiger partial charge in [0, 0.05) is 5.69 Å². The lowest BCUT2D eigenvalue weighted by molar-refractivity contribution is -0.274. The molecule has 0 bridgehead atoms. The molecule has 0 atom stereocenters. The Bertz CT molecular complexity index is 1300. The fraction of sp³-hybridized carbons (Fsp3) is 0.0833. The smallest absolute Gasteiger partial charge is 0.485 e. The number of rotatable bonds is 7. The molecule has 0 saturated carbocycles. The Balaban J connectivity index is 1.56. The van der Waals surface area contributed by atoms with Crippen molar-refractivity contribution in [2.75, 3.05) is 5.32 Å². The van der Waals surface area contributed by atoms with Gasteiger partial charge in [-0.25, -0.2) is 13.5 Å². The van der Waals surface area contributed by atoms with E-state index in [1.807, 2.05) is 0 Å². The SMILES string of the molecule is O=C(Nc1ccc(OC(F)(F)F)cc1)c1nn(-c2ccc(F)cc2)cc1OCc1ccc(F)cc1. The van der Waals surface area contributed by atoms with E-state index in [2.05, 4.69) is 15.2 Å². The second-order valence-corrected chi connectivity index (χ2v) is 7.20. The van der Waals surface area contributed by atoms with E-state index in [1.54, 1.807) is 0 Å². The molecular formula is C24H16F5N3O3. The van der Waals surface area contributed by atoms with Gasteiger partial charge in [0.05, 0.1) is 11.9 Å². The van der Waals surface area contributed by atoms with Crippen molar-refractivity contribution in [1.82, 2.24) is 9.78 Å². The normalized spacial score (nSPS) is 11.2. The minimum absolute atomic E-state index is 0.000844. The van der Waals surface area contributed by atoms with Crippen LogP contribution in [0.3, 0.4) is 0 Å². The maximum absolute atomic E-state index is 13.3. The van der Waals surface area contributed by atoms with E-state index >= 15 is 0 Å². The van der Waals surface area contributed by atoms with Crippen LogP contribution in [0.15, 0.2) is 79.0 Å². The number of anilines is 1. The molecule has 0 fully saturated rings. The lowest BCUT2D eigenvalue weighted by atomic mass is 10.2. The zero-order chi connectivity index (χ0) is 25.0. The Morgan fingerprint density at radius 1 is 0.886 bits per heavy atom. The number of amides is 1. The molecule has 0 spiro atoms. The minimum atomic E-state index is -4.84. The molecule has 4 rings (SSSR count). The Hall–Kier alpha value is -4.41. The number of carbonyl (C=O) groups excluding carboxylic acids is 1. The Kier molecular flexibility index (Phi) is 6.67. The first-order valence-electron chi connectivity index (χ1n) is 10.1. The molecular weight excluding hydrogens is 473 g/mol. The number of benzene rings is 3. The first-order valence-corrected chi connectivity index (χ1v) is 10.1. The van der Waals surface area contributed by atoms with Crippen molar-refractivity contribution in [3.8, 4) is 17.2 Å². The number of nitrogens with zero attached hydrogens (tertiary/aromatic N) is 2. The van der Waals surface area contributed by atoms with E-state index in [0.29, 0.717) is 11.3 Å². The second kappa shape index (κ2) is 9.84. The van der Waals surface area contributed by atoms with Crippen molar-refractivity contribution >= 4 is 11.6 Å². The molecule has 3 aromatic carbocycles. The average molecular weight is 489 g/mol. The first kappa shape index (κ1) is 23.7. The molecule has 1 aromatic heterocycles. The number of halogens is 5. The number of hydrogen-bond donors (Lipinski definition) is 1. The number of ether oxygens (including phenoxy) is 2. The van der Waals surface area contributed by atoms with Gasteiger partial charge in [-0.1, -0.05) is 12.1 Å². The van der Waals surface area contributed by atoms with Crippen molar-refractivity contribution in [2.45, 2.75) is 13.0 Å².